The molecule has 33 heavy (non-hydrogen) atoms. The molecule has 0 heterocycles. The largest absolute Gasteiger partial charge is 0.506 e. The van der Waals surface area contributed by atoms with Crippen molar-refractivity contribution in [2.45, 2.75) is 49.3 Å². The van der Waals surface area contributed by atoms with Crippen molar-refractivity contribution >= 4 is 11.8 Å². The van der Waals surface area contributed by atoms with E-state index in [4.69, 9.17) is 0 Å². The summed E-state index contributed by atoms with van der Waals surface area (Å²) in [4.78, 5) is 1.49. The molecule has 0 saturated carbocycles. The number of hydrogen-bond acceptors (Lipinski definition) is 3. The SMILES string of the molecule is CC(C)c1cc(-c2ccccc2)cc(Sc2cc(-c3ccccc3)cc(C(C)C)c2O)c1O. The molecule has 0 spiro atoms. The Morgan fingerprint density at radius 1 is 0.515 bits per heavy atom. The molecule has 0 aliphatic carbocycles. The lowest BCUT2D eigenvalue weighted by Gasteiger charge is -2.18. The fourth-order valence-corrected chi connectivity index (χ4v) is 5.05. The Morgan fingerprint density at radius 3 is 1.21 bits per heavy atom. The van der Waals surface area contributed by atoms with Crippen LogP contribution in [-0.4, -0.2) is 10.2 Å². The van der Waals surface area contributed by atoms with E-state index < -0.39 is 0 Å². The van der Waals surface area contributed by atoms with Crippen molar-refractivity contribution in [3.05, 3.63) is 96.1 Å². The molecule has 0 fully saturated rings. The van der Waals surface area contributed by atoms with Gasteiger partial charge in [0.25, 0.3) is 0 Å². The van der Waals surface area contributed by atoms with Gasteiger partial charge in [-0.05, 0) is 69.5 Å². The van der Waals surface area contributed by atoms with Gasteiger partial charge in [-0.3, -0.25) is 0 Å². The molecule has 168 valence electrons. The second-order valence-corrected chi connectivity index (χ2v) is 10.1. The molecule has 2 N–H and O–H groups in total. The molecule has 0 aliphatic heterocycles. The summed E-state index contributed by atoms with van der Waals surface area (Å²) >= 11 is 1.42. The lowest BCUT2D eigenvalue weighted by Crippen LogP contribution is -1.94. The highest BCUT2D eigenvalue weighted by atomic mass is 32.2. The van der Waals surface area contributed by atoms with Crippen LogP contribution in [0.15, 0.2) is 94.7 Å². The predicted octanol–water partition coefficient (Wildman–Crippen LogP) is 8.83. The minimum Gasteiger partial charge on any atom is -0.506 e. The summed E-state index contributed by atoms with van der Waals surface area (Å²) < 4.78 is 0. The molecular weight excluding hydrogens is 424 g/mol. The van der Waals surface area contributed by atoms with Crippen LogP contribution < -0.4 is 0 Å². The number of phenols is 2. The van der Waals surface area contributed by atoms with Crippen LogP contribution in [0.25, 0.3) is 22.3 Å². The monoisotopic (exact) mass is 454 g/mol. The van der Waals surface area contributed by atoms with Crippen molar-refractivity contribution < 1.29 is 10.2 Å². The van der Waals surface area contributed by atoms with Crippen molar-refractivity contribution in [3.63, 3.8) is 0 Å². The second-order valence-electron chi connectivity index (χ2n) is 8.97. The normalized spacial score (nSPS) is 11.3. The van der Waals surface area contributed by atoms with Crippen LogP contribution in [0.3, 0.4) is 0 Å². The average Bonchev–Trinajstić information content (AvgIpc) is 2.82. The summed E-state index contributed by atoms with van der Waals surface area (Å²) in [6, 6.07) is 28.6. The summed E-state index contributed by atoms with van der Waals surface area (Å²) in [6.45, 7) is 8.34. The Hall–Kier alpha value is -3.17. The fraction of sp³-hybridized carbons (Fsp3) is 0.200. The highest BCUT2D eigenvalue weighted by Crippen LogP contribution is 2.47. The Balaban J connectivity index is 1.86. The molecule has 2 nitrogen and oxygen atoms in total. The van der Waals surface area contributed by atoms with Crippen LogP contribution in [0.1, 0.15) is 50.7 Å². The number of rotatable bonds is 6. The molecule has 0 atom stereocenters. The summed E-state index contributed by atoms with van der Waals surface area (Å²) in [5, 5.41) is 22.3. The molecule has 4 rings (SSSR count). The predicted molar refractivity (Wildman–Crippen MR) is 139 cm³/mol. The summed E-state index contributed by atoms with van der Waals surface area (Å²) in [7, 11) is 0. The van der Waals surface area contributed by atoms with Crippen molar-refractivity contribution in [1.82, 2.24) is 0 Å². The summed E-state index contributed by atoms with van der Waals surface area (Å²) in [6.07, 6.45) is 0. The van der Waals surface area contributed by atoms with Gasteiger partial charge in [0.2, 0.25) is 0 Å². The summed E-state index contributed by atoms with van der Waals surface area (Å²) in [5.41, 5.74) is 6.13. The maximum absolute atomic E-state index is 11.1. The highest BCUT2D eigenvalue weighted by Gasteiger charge is 2.19. The van der Waals surface area contributed by atoms with E-state index in [1.807, 2.05) is 48.5 Å². The molecule has 0 amide bonds. The number of benzene rings is 4. The molecule has 4 aromatic rings. The van der Waals surface area contributed by atoms with Gasteiger partial charge in [0, 0.05) is 0 Å². The Kier molecular flexibility index (Phi) is 6.80. The fourth-order valence-electron chi connectivity index (χ4n) is 4.01. The zero-order valence-electron chi connectivity index (χ0n) is 19.5. The third kappa shape index (κ3) is 4.94. The number of hydrogen-bond donors (Lipinski definition) is 2. The van der Waals surface area contributed by atoms with E-state index in [0.29, 0.717) is 0 Å². The molecule has 0 unspecified atom stereocenters. The molecule has 4 aromatic carbocycles. The molecule has 0 radical (unpaired) electrons. The number of aromatic hydroxyl groups is 2. The van der Waals surface area contributed by atoms with Gasteiger partial charge in [-0.1, -0.05) is 100 Å². The first-order chi connectivity index (χ1) is 15.8. The van der Waals surface area contributed by atoms with Gasteiger partial charge in [-0.15, -0.1) is 0 Å². The smallest absolute Gasteiger partial charge is 0.132 e. The molecule has 0 aliphatic rings. The van der Waals surface area contributed by atoms with Gasteiger partial charge < -0.3 is 10.2 Å². The van der Waals surface area contributed by atoms with Gasteiger partial charge in [0.15, 0.2) is 0 Å². The van der Waals surface area contributed by atoms with Crippen molar-refractivity contribution in [2.75, 3.05) is 0 Å². The number of phenolic OH excluding ortho intramolecular Hbond substituents is 2. The van der Waals surface area contributed by atoms with Gasteiger partial charge in [0.1, 0.15) is 11.5 Å². The minimum absolute atomic E-state index is 0.170. The van der Waals surface area contributed by atoms with Crippen molar-refractivity contribution in [1.29, 1.82) is 0 Å². The van der Waals surface area contributed by atoms with Gasteiger partial charge in [-0.25, -0.2) is 0 Å². The third-order valence-corrected chi connectivity index (χ3v) is 6.95. The maximum atomic E-state index is 11.1. The summed E-state index contributed by atoms with van der Waals surface area (Å²) in [5.74, 6) is 0.905. The standard InChI is InChI=1S/C30H30O2S/c1-19(2)25-15-23(21-11-7-5-8-12-21)17-27(29(25)31)33-28-18-24(22-13-9-6-10-14-22)16-26(20(3)4)30(28)32/h5-20,31-32H,1-4H3. The molecular formula is C30H30O2S. The topological polar surface area (TPSA) is 40.5 Å². The van der Waals surface area contributed by atoms with Gasteiger partial charge in [-0.2, -0.15) is 0 Å². The second kappa shape index (κ2) is 9.76. The van der Waals surface area contributed by atoms with Crippen LogP contribution in [0.4, 0.5) is 0 Å². The van der Waals surface area contributed by atoms with Crippen LogP contribution in [0.2, 0.25) is 0 Å². The van der Waals surface area contributed by atoms with Crippen LogP contribution in [0.5, 0.6) is 11.5 Å². The molecule has 0 bridgehead atoms. The average molecular weight is 455 g/mol. The van der Waals surface area contributed by atoms with E-state index in [1.165, 1.54) is 11.8 Å². The third-order valence-electron chi connectivity index (χ3n) is 5.89. The first kappa shape index (κ1) is 23.0. The van der Waals surface area contributed by atoms with Crippen LogP contribution in [-0.2, 0) is 0 Å². The Labute approximate surface area is 201 Å². The minimum atomic E-state index is 0.170. The van der Waals surface area contributed by atoms with E-state index in [2.05, 4.69) is 64.1 Å². The van der Waals surface area contributed by atoms with E-state index in [0.717, 1.165) is 43.2 Å². The first-order valence-corrected chi connectivity index (χ1v) is 12.2. The maximum Gasteiger partial charge on any atom is 0.132 e. The lowest BCUT2D eigenvalue weighted by molar-refractivity contribution is 0.449. The van der Waals surface area contributed by atoms with E-state index in [9.17, 15) is 10.2 Å². The van der Waals surface area contributed by atoms with E-state index in [-0.39, 0.29) is 23.3 Å². The molecule has 3 heteroatoms. The van der Waals surface area contributed by atoms with Gasteiger partial charge in [0.05, 0.1) is 9.79 Å². The highest BCUT2D eigenvalue weighted by molar-refractivity contribution is 7.99. The van der Waals surface area contributed by atoms with E-state index >= 15 is 0 Å². The van der Waals surface area contributed by atoms with Crippen molar-refractivity contribution in [3.8, 4) is 33.8 Å². The lowest BCUT2D eigenvalue weighted by atomic mass is 9.96. The van der Waals surface area contributed by atoms with Crippen molar-refractivity contribution in [2.24, 2.45) is 0 Å². The van der Waals surface area contributed by atoms with Crippen LogP contribution >= 0.6 is 11.8 Å². The Bertz CT molecular complexity index is 1150. The molecule has 0 aromatic heterocycles. The van der Waals surface area contributed by atoms with Crippen LogP contribution in [0, 0.1) is 0 Å². The Morgan fingerprint density at radius 2 is 0.879 bits per heavy atom. The zero-order valence-corrected chi connectivity index (χ0v) is 20.4. The van der Waals surface area contributed by atoms with Gasteiger partial charge >= 0.3 is 0 Å². The molecule has 0 saturated heterocycles. The first-order valence-electron chi connectivity index (χ1n) is 11.4. The zero-order chi connectivity index (χ0) is 23.5. The quantitative estimate of drug-likeness (QED) is 0.306. The van der Waals surface area contributed by atoms with E-state index in [1.54, 1.807) is 0 Å².